The zero-order valence-corrected chi connectivity index (χ0v) is 10.0. The van der Waals surface area contributed by atoms with Crippen LogP contribution in [0.15, 0.2) is 11.5 Å². The number of sulfone groups is 1. The Labute approximate surface area is 95.6 Å². The minimum absolute atomic E-state index is 0.0109. The van der Waals surface area contributed by atoms with Crippen molar-refractivity contribution in [2.75, 3.05) is 5.75 Å². The zero-order valence-electron chi connectivity index (χ0n) is 9.22. The Morgan fingerprint density at radius 3 is 2.50 bits per heavy atom. The summed E-state index contributed by atoms with van der Waals surface area (Å²) >= 11 is 0. The fourth-order valence-electron chi connectivity index (χ4n) is 2.26. The maximum absolute atomic E-state index is 11.9. The second-order valence-corrected chi connectivity index (χ2v) is 6.38. The van der Waals surface area contributed by atoms with E-state index in [-0.39, 0.29) is 16.8 Å². The topological polar surface area (TPSA) is 75.7 Å². The second kappa shape index (κ2) is 4.95. The maximum atomic E-state index is 11.9. The smallest absolute Gasteiger partial charge is 0.242 e. The summed E-state index contributed by atoms with van der Waals surface area (Å²) in [7, 11) is -3.26. The number of rotatable bonds is 3. The Morgan fingerprint density at radius 2 is 1.94 bits per heavy atom. The van der Waals surface area contributed by atoms with Gasteiger partial charge in [0.05, 0.1) is 5.75 Å². The predicted molar refractivity (Wildman–Crippen MR) is 59.6 cm³/mol. The summed E-state index contributed by atoms with van der Waals surface area (Å²) < 4.78 is 23.9. The Balaban J connectivity index is 2.03. The molecule has 16 heavy (non-hydrogen) atoms. The van der Waals surface area contributed by atoms with Crippen molar-refractivity contribution in [3.8, 4) is 0 Å². The van der Waals surface area contributed by atoms with E-state index in [9.17, 15) is 8.42 Å². The largest absolute Gasteiger partial charge is 0.250 e. The average molecular weight is 243 g/mol. The van der Waals surface area contributed by atoms with Gasteiger partial charge in [-0.05, 0) is 18.8 Å². The van der Waals surface area contributed by atoms with Crippen LogP contribution >= 0.6 is 0 Å². The molecule has 1 aromatic heterocycles. The third-order valence-corrected chi connectivity index (χ3v) is 4.81. The fraction of sp³-hybridized carbons (Fsp3) is 0.800. The molecule has 0 atom stereocenters. The molecule has 1 aromatic rings. The summed E-state index contributed by atoms with van der Waals surface area (Å²) in [6, 6.07) is 0. The van der Waals surface area contributed by atoms with E-state index < -0.39 is 9.84 Å². The quantitative estimate of drug-likeness (QED) is 0.817. The number of hydrogen-bond donors (Lipinski definition) is 1. The van der Waals surface area contributed by atoms with Crippen molar-refractivity contribution < 1.29 is 8.42 Å². The summed E-state index contributed by atoms with van der Waals surface area (Å²) in [5, 5.41) is 6.03. The van der Waals surface area contributed by atoms with Crippen molar-refractivity contribution in [2.24, 2.45) is 5.92 Å². The van der Waals surface area contributed by atoms with Crippen molar-refractivity contribution in [1.82, 2.24) is 15.2 Å². The van der Waals surface area contributed by atoms with Crippen LogP contribution in [0.3, 0.4) is 0 Å². The SMILES string of the molecule is O=S(=O)(CC1CCCCCC1)c1ncn[nH]1. The number of aromatic nitrogens is 3. The van der Waals surface area contributed by atoms with Gasteiger partial charge in [0.1, 0.15) is 6.33 Å². The van der Waals surface area contributed by atoms with Crippen LogP contribution in [-0.4, -0.2) is 29.4 Å². The molecule has 0 aliphatic heterocycles. The molecule has 0 bridgehead atoms. The van der Waals surface area contributed by atoms with E-state index in [1.54, 1.807) is 0 Å². The molecule has 0 radical (unpaired) electrons. The normalized spacial score (nSPS) is 19.5. The first-order valence-corrected chi connectivity index (χ1v) is 7.42. The second-order valence-electron chi connectivity index (χ2n) is 4.43. The molecule has 1 aliphatic rings. The highest BCUT2D eigenvalue weighted by molar-refractivity contribution is 7.91. The Morgan fingerprint density at radius 1 is 1.25 bits per heavy atom. The van der Waals surface area contributed by atoms with Crippen molar-refractivity contribution in [3.63, 3.8) is 0 Å². The molecule has 2 rings (SSSR count). The van der Waals surface area contributed by atoms with Crippen LogP contribution in [-0.2, 0) is 9.84 Å². The molecule has 0 amide bonds. The molecule has 0 spiro atoms. The number of hydrogen-bond acceptors (Lipinski definition) is 4. The maximum Gasteiger partial charge on any atom is 0.242 e. The van der Waals surface area contributed by atoms with Crippen LogP contribution in [0.2, 0.25) is 0 Å². The molecule has 0 unspecified atom stereocenters. The summed E-state index contributed by atoms with van der Waals surface area (Å²) in [5.74, 6) is 0.500. The number of H-pyrrole nitrogens is 1. The molecule has 5 nitrogen and oxygen atoms in total. The highest BCUT2D eigenvalue weighted by Crippen LogP contribution is 2.25. The third-order valence-electron chi connectivity index (χ3n) is 3.12. The van der Waals surface area contributed by atoms with E-state index in [0.29, 0.717) is 0 Å². The lowest BCUT2D eigenvalue weighted by Crippen LogP contribution is -2.17. The number of nitrogens with one attached hydrogen (secondary N) is 1. The first-order valence-electron chi connectivity index (χ1n) is 5.76. The first-order chi connectivity index (χ1) is 7.68. The third kappa shape index (κ3) is 2.81. The zero-order chi connectivity index (χ0) is 11.4. The molecule has 1 fully saturated rings. The number of aromatic amines is 1. The molecule has 0 saturated heterocycles. The van der Waals surface area contributed by atoms with Gasteiger partial charge in [-0.25, -0.2) is 13.4 Å². The molecule has 0 aromatic carbocycles. The van der Waals surface area contributed by atoms with Gasteiger partial charge in [0.25, 0.3) is 0 Å². The highest BCUT2D eigenvalue weighted by Gasteiger charge is 2.24. The molecule has 1 N–H and O–H groups in total. The summed E-state index contributed by atoms with van der Waals surface area (Å²) in [5.41, 5.74) is 0. The van der Waals surface area contributed by atoms with Crippen molar-refractivity contribution in [2.45, 2.75) is 43.7 Å². The molecule has 1 aliphatic carbocycles. The minimum atomic E-state index is -3.26. The molecular formula is C10H17N3O2S. The minimum Gasteiger partial charge on any atom is -0.250 e. The average Bonchev–Trinajstić information content (AvgIpc) is 2.67. The monoisotopic (exact) mass is 243 g/mol. The Kier molecular flexibility index (Phi) is 3.58. The van der Waals surface area contributed by atoms with Crippen LogP contribution < -0.4 is 0 Å². The van der Waals surface area contributed by atoms with Crippen LogP contribution in [0.1, 0.15) is 38.5 Å². The molecule has 90 valence electrons. The van der Waals surface area contributed by atoms with Crippen LogP contribution in [0.4, 0.5) is 0 Å². The van der Waals surface area contributed by atoms with Crippen LogP contribution in [0.5, 0.6) is 0 Å². The van der Waals surface area contributed by atoms with Gasteiger partial charge in [0, 0.05) is 0 Å². The predicted octanol–water partition coefficient (Wildman–Crippen LogP) is 1.55. The lowest BCUT2D eigenvalue weighted by Gasteiger charge is -2.12. The fourth-order valence-corrected chi connectivity index (χ4v) is 3.78. The van der Waals surface area contributed by atoms with Gasteiger partial charge in [-0.15, -0.1) is 0 Å². The van der Waals surface area contributed by atoms with Crippen molar-refractivity contribution in [1.29, 1.82) is 0 Å². The van der Waals surface area contributed by atoms with E-state index in [0.717, 1.165) is 25.7 Å². The van der Waals surface area contributed by atoms with Gasteiger partial charge in [0.2, 0.25) is 15.0 Å². The molecular weight excluding hydrogens is 226 g/mol. The van der Waals surface area contributed by atoms with E-state index in [2.05, 4.69) is 15.2 Å². The van der Waals surface area contributed by atoms with Crippen molar-refractivity contribution >= 4 is 9.84 Å². The van der Waals surface area contributed by atoms with Gasteiger partial charge in [-0.1, -0.05) is 25.7 Å². The van der Waals surface area contributed by atoms with E-state index in [1.165, 1.54) is 19.2 Å². The molecule has 1 heterocycles. The van der Waals surface area contributed by atoms with E-state index in [1.807, 2.05) is 0 Å². The van der Waals surface area contributed by atoms with Crippen molar-refractivity contribution in [3.05, 3.63) is 6.33 Å². The lowest BCUT2D eigenvalue weighted by molar-refractivity contribution is 0.492. The van der Waals surface area contributed by atoms with Gasteiger partial charge in [-0.2, -0.15) is 5.10 Å². The lowest BCUT2D eigenvalue weighted by atomic mass is 10.0. The summed E-state index contributed by atoms with van der Waals surface area (Å²) in [4.78, 5) is 3.72. The van der Waals surface area contributed by atoms with Gasteiger partial charge in [0.15, 0.2) is 0 Å². The van der Waals surface area contributed by atoms with Crippen LogP contribution in [0.25, 0.3) is 0 Å². The van der Waals surface area contributed by atoms with E-state index >= 15 is 0 Å². The highest BCUT2D eigenvalue weighted by atomic mass is 32.2. The summed E-state index contributed by atoms with van der Waals surface area (Å²) in [6.07, 6.45) is 8.05. The Hall–Kier alpha value is -0.910. The standard InChI is InChI=1S/C10H17N3O2S/c14-16(15,10-11-8-12-13-10)7-9-5-3-1-2-4-6-9/h8-9H,1-7H2,(H,11,12,13). The summed E-state index contributed by atoms with van der Waals surface area (Å²) in [6.45, 7) is 0. The van der Waals surface area contributed by atoms with Gasteiger partial charge < -0.3 is 0 Å². The first kappa shape index (κ1) is 11.6. The molecule has 1 saturated carbocycles. The van der Waals surface area contributed by atoms with Crippen LogP contribution in [0, 0.1) is 5.92 Å². The van der Waals surface area contributed by atoms with Gasteiger partial charge >= 0.3 is 0 Å². The molecule has 6 heteroatoms. The Bertz CT molecular complexity index is 405. The van der Waals surface area contributed by atoms with Gasteiger partial charge in [-0.3, -0.25) is 5.10 Å². The van der Waals surface area contributed by atoms with E-state index in [4.69, 9.17) is 0 Å². The number of nitrogens with zero attached hydrogens (tertiary/aromatic N) is 2.